The van der Waals surface area contributed by atoms with Crippen molar-refractivity contribution in [2.75, 3.05) is 6.61 Å². The van der Waals surface area contributed by atoms with Crippen LogP contribution in [0.1, 0.15) is 44.3 Å². The Morgan fingerprint density at radius 1 is 1.21 bits per heavy atom. The first kappa shape index (κ1) is 29.8. The molecule has 7 atom stereocenters. The number of hydrogen-bond donors (Lipinski definition) is 3. The lowest BCUT2D eigenvalue weighted by Gasteiger charge is -2.46. The molecule has 1 saturated heterocycles. The average molecular weight is 587 g/mol. The van der Waals surface area contributed by atoms with E-state index >= 15 is 0 Å². The molecule has 1 aliphatic heterocycles. The number of ether oxygens (including phenoxy) is 2. The minimum absolute atomic E-state index is 0.0910. The van der Waals surface area contributed by atoms with Gasteiger partial charge >= 0.3 is 5.97 Å². The van der Waals surface area contributed by atoms with Crippen LogP contribution in [0.5, 0.6) is 0 Å². The van der Waals surface area contributed by atoms with E-state index in [0.717, 1.165) is 12.8 Å². The molecule has 1 aliphatic carbocycles. The summed E-state index contributed by atoms with van der Waals surface area (Å²) in [5.74, 6) is -1.80. The maximum atomic E-state index is 14.4. The second kappa shape index (κ2) is 12.7. The zero-order valence-corrected chi connectivity index (χ0v) is 23.4. The Bertz CT molecular complexity index is 1400. The number of carbonyl (C=O) groups excluding carboxylic acids is 2. The van der Waals surface area contributed by atoms with E-state index in [1.165, 1.54) is 40.9 Å². The van der Waals surface area contributed by atoms with E-state index in [0.29, 0.717) is 24.1 Å². The fourth-order valence-electron chi connectivity index (χ4n) is 5.83. The van der Waals surface area contributed by atoms with E-state index in [9.17, 15) is 29.3 Å². The van der Waals surface area contributed by atoms with Crippen LogP contribution in [0, 0.1) is 5.82 Å². The summed E-state index contributed by atoms with van der Waals surface area (Å²) in [4.78, 5) is 28.2. The summed E-state index contributed by atoms with van der Waals surface area (Å²) in [6.45, 7) is 0.613. The van der Waals surface area contributed by atoms with Crippen LogP contribution in [0.3, 0.4) is 0 Å². The number of aliphatic hydroxyl groups is 3. The van der Waals surface area contributed by atoms with Crippen LogP contribution < -0.4 is 0 Å². The molecule has 0 bridgehead atoms. The molecule has 3 N–H and O–H groups in total. The van der Waals surface area contributed by atoms with Crippen LogP contribution in [-0.4, -0.2) is 100 Å². The minimum atomic E-state index is -1.47. The number of halogens is 1. The molecular weight excluding hydrogens is 551 g/mol. The second-order valence-electron chi connectivity index (χ2n) is 10.8. The Morgan fingerprint density at radius 3 is 2.67 bits per heavy atom. The number of hydrogen-bond acceptors (Lipinski definition) is 10. The van der Waals surface area contributed by atoms with E-state index in [1.54, 1.807) is 30.1 Å². The number of aliphatic hydroxyl groups excluding tert-OH is 3. The molecule has 1 saturated carbocycles. The van der Waals surface area contributed by atoms with Crippen molar-refractivity contribution in [3.63, 3.8) is 0 Å². The smallest absolute Gasteiger partial charge is 0.303 e. The van der Waals surface area contributed by atoms with Gasteiger partial charge in [0.05, 0.1) is 37.2 Å². The highest BCUT2D eigenvalue weighted by atomic mass is 19.1. The van der Waals surface area contributed by atoms with Crippen LogP contribution in [0.15, 0.2) is 42.7 Å². The molecule has 3 heterocycles. The fraction of sp³-hybridized carbons (Fsp3) is 0.536. The predicted octanol–water partition coefficient (Wildman–Crippen LogP) is 0.743. The number of aromatic nitrogens is 5. The van der Waals surface area contributed by atoms with E-state index in [-0.39, 0.29) is 12.2 Å². The molecule has 0 spiro atoms. The van der Waals surface area contributed by atoms with Gasteiger partial charge in [0.15, 0.2) is 12.2 Å². The first-order chi connectivity index (χ1) is 20.2. The van der Waals surface area contributed by atoms with Gasteiger partial charge < -0.3 is 29.7 Å². The highest BCUT2D eigenvalue weighted by Crippen LogP contribution is 2.35. The van der Waals surface area contributed by atoms with Gasteiger partial charge in [0, 0.05) is 25.7 Å². The predicted molar refractivity (Wildman–Crippen MR) is 144 cm³/mol. The molecule has 2 aliphatic rings. The molecule has 42 heavy (non-hydrogen) atoms. The average Bonchev–Trinajstić information content (AvgIpc) is 3.61. The van der Waals surface area contributed by atoms with Crippen molar-refractivity contribution >= 4 is 11.9 Å². The van der Waals surface area contributed by atoms with Gasteiger partial charge in [-0.25, -0.2) is 9.07 Å². The van der Waals surface area contributed by atoms with Gasteiger partial charge in [-0.3, -0.25) is 14.3 Å². The Labute approximate surface area is 241 Å². The van der Waals surface area contributed by atoms with Crippen LogP contribution in [-0.2, 0) is 32.7 Å². The van der Waals surface area contributed by atoms with Gasteiger partial charge in [0.2, 0.25) is 0 Å². The number of aryl methyl sites for hydroxylation is 1. The summed E-state index contributed by atoms with van der Waals surface area (Å²) in [5, 5.41) is 44.7. The molecule has 2 fully saturated rings. The highest BCUT2D eigenvalue weighted by Gasteiger charge is 2.53. The van der Waals surface area contributed by atoms with Crippen molar-refractivity contribution in [1.29, 1.82) is 0 Å². The summed E-state index contributed by atoms with van der Waals surface area (Å²) in [6.07, 6.45) is -0.614. The third kappa shape index (κ3) is 6.07. The van der Waals surface area contributed by atoms with E-state index in [4.69, 9.17) is 9.47 Å². The van der Waals surface area contributed by atoms with Crippen LogP contribution >= 0.6 is 0 Å². The Balaban J connectivity index is 1.54. The molecule has 0 unspecified atom stereocenters. The van der Waals surface area contributed by atoms with Crippen molar-refractivity contribution in [2.45, 2.75) is 81.8 Å². The van der Waals surface area contributed by atoms with E-state index in [1.807, 2.05) is 0 Å². The monoisotopic (exact) mass is 586 g/mol. The third-order valence-electron chi connectivity index (χ3n) is 7.98. The van der Waals surface area contributed by atoms with Crippen LogP contribution in [0.4, 0.5) is 4.39 Å². The third-order valence-corrected chi connectivity index (χ3v) is 7.98. The lowest BCUT2D eigenvalue weighted by Crippen LogP contribution is -2.63. The van der Waals surface area contributed by atoms with Crippen LogP contribution in [0.25, 0.3) is 11.3 Å². The number of esters is 1. The lowest BCUT2D eigenvalue weighted by atomic mass is 9.88. The fourth-order valence-corrected chi connectivity index (χ4v) is 5.83. The molecule has 0 radical (unpaired) electrons. The summed E-state index contributed by atoms with van der Waals surface area (Å²) in [6, 6.07) is 5.72. The largest absolute Gasteiger partial charge is 0.457 e. The Kier molecular flexibility index (Phi) is 8.96. The first-order valence-electron chi connectivity index (χ1n) is 13.9. The number of amides is 1. The summed E-state index contributed by atoms with van der Waals surface area (Å²) < 4.78 is 28.3. The normalized spacial score (nSPS) is 27.9. The molecule has 5 rings (SSSR count). The Morgan fingerprint density at radius 2 is 2.00 bits per heavy atom. The SMILES string of the molecule is CC(=O)O[C@@H]1[C@@H](n2cc(-c3cccc(F)c3)nn2)[C@@H](O)[C@@H](CO)O[C@H]1C(=O)N(Cc1ccnn1C)[C@H]1CCCC[C@@H]1O. The molecule has 14 heteroatoms. The maximum Gasteiger partial charge on any atom is 0.303 e. The molecule has 226 valence electrons. The topological polar surface area (TPSA) is 165 Å². The van der Waals surface area contributed by atoms with E-state index < -0.39 is 66.9 Å². The molecule has 1 aromatic carbocycles. The minimum Gasteiger partial charge on any atom is -0.457 e. The quantitative estimate of drug-likeness (QED) is 0.321. The van der Waals surface area contributed by atoms with Gasteiger partial charge in [0.1, 0.15) is 29.8 Å². The zero-order valence-electron chi connectivity index (χ0n) is 23.4. The number of nitrogens with zero attached hydrogens (tertiary/aromatic N) is 6. The van der Waals surface area contributed by atoms with E-state index in [2.05, 4.69) is 15.4 Å². The van der Waals surface area contributed by atoms with Crippen molar-refractivity contribution in [3.05, 3.63) is 54.2 Å². The lowest BCUT2D eigenvalue weighted by molar-refractivity contribution is -0.222. The van der Waals surface area contributed by atoms with Crippen LogP contribution in [0.2, 0.25) is 0 Å². The zero-order chi connectivity index (χ0) is 30.0. The van der Waals surface area contributed by atoms with Gasteiger partial charge in [0.25, 0.3) is 5.91 Å². The molecule has 3 aromatic rings. The summed E-state index contributed by atoms with van der Waals surface area (Å²) >= 11 is 0. The Hall–Kier alpha value is -3.72. The molecule has 2 aromatic heterocycles. The number of benzene rings is 1. The van der Waals surface area contributed by atoms with Crippen molar-refractivity contribution in [3.8, 4) is 11.3 Å². The molecule has 1 amide bonds. The molecule has 13 nitrogen and oxygen atoms in total. The molecular formula is C28H35FN6O7. The highest BCUT2D eigenvalue weighted by molar-refractivity contribution is 5.83. The van der Waals surface area contributed by atoms with Crippen molar-refractivity contribution < 1.29 is 38.8 Å². The van der Waals surface area contributed by atoms with Gasteiger partial charge in [-0.05, 0) is 31.0 Å². The number of carbonyl (C=O) groups is 2. The summed E-state index contributed by atoms with van der Waals surface area (Å²) in [5.41, 5.74) is 1.40. The van der Waals surface area contributed by atoms with Crippen molar-refractivity contribution in [2.24, 2.45) is 7.05 Å². The van der Waals surface area contributed by atoms with Gasteiger partial charge in [-0.1, -0.05) is 30.2 Å². The maximum absolute atomic E-state index is 14.4. The number of rotatable bonds is 8. The van der Waals surface area contributed by atoms with Crippen molar-refractivity contribution in [1.82, 2.24) is 29.7 Å². The van der Waals surface area contributed by atoms with Gasteiger partial charge in [-0.15, -0.1) is 5.10 Å². The second-order valence-corrected chi connectivity index (χ2v) is 10.8. The van der Waals surface area contributed by atoms with Gasteiger partial charge in [-0.2, -0.15) is 5.10 Å². The summed E-state index contributed by atoms with van der Waals surface area (Å²) in [7, 11) is 1.74. The standard InChI is InChI=1S/C28H35FN6O7/c1-16(37)41-26-24(35-14-20(31-32-35)17-6-5-7-18(29)12-17)25(39)23(15-36)42-27(26)28(40)34(13-19-10-11-30-33(19)2)21-8-3-4-9-22(21)38/h5-7,10-12,14,21-27,36,38-39H,3-4,8-9,13,15H2,1-2H3/t21-,22-,23+,24-,25-,26+,27+/m0/s1. The first-order valence-corrected chi connectivity index (χ1v) is 13.9.